The molecular weight excluding hydrogens is 284 g/mol. The number of amides is 1. The number of carbonyl (C=O) groups excluding carboxylic acids is 1. The van der Waals surface area contributed by atoms with Crippen molar-refractivity contribution < 1.29 is 4.79 Å². The number of aromatic amines is 1. The van der Waals surface area contributed by atoms with Crippen LogP contribution in [0.5, 0.6) is 0 Å². The first-order valence-electron chi connectivity index (χ1n) is 6.33. The van der Waals surface area contributed by atoms with Gasteiger partial charge in [0.25, 0.3) is 11.5 Å². The summed E-state index contributed by atoms with van der Waals surface area (Å²) in [4.78, 5) is 26.7. The van der Waals surface area contributed by atoms with Gasteiger partial charge in [-0.1, -0.05) is 30.3 Å². The maximum absolute atomic E-state index is 12.1. The van der Waals surface area contributed by atoms with E-state index in [1.165, 1.54) is 0 Å². The van der Waals surface area contributed by atoms with Crippen LogP contribution in [-0.2, 0) is 6.54 Å². The molecule has 0 spiro atoms. The lowest BCUT2D eigenvalue weighted by Crippen LogP contribution is -2.35. The number of nitrogens with two attached hydrogens (primary N) is 2. The van der Waals surface area contributed by atoms with Gasteiger partial charge in [-0.3, -0.25) is 26.3 Å². The van der Waals surface area contributed by atoms with E-state index in [2.05, 4.69) is 10.4 Å². The summed E-state index contributed by atoms with van der Waals surface area (Å²) in [6.45, 7) is 0.0313. The Labute approximate surface area is 125 Å². The number of nitrogens with one attached hydrogen (secondary N) is 3. The predicted octanol–water partition coefficient (Wildman–Crippen LogP) is -0.520. The van der Waals surface area contributed by atoms with Crippen molar-refractivity contribution >= 4 is 5.91 Å². The van der Waals surface area contributed by atoms with E-state index in [-0.39, 0.29) is 28.9 Å². The molecule has 0 atom stereocenters. The molecule has 0 aliphatic carbocycles. The summed E-state index contributed by atoms with van der Waals surface area (Å²) in [5.74, 6) is 9.87. The molecule has 112 valence electrons. The molecule has 0 fully saturated rings. The van der Waals surface area contributed by atoms with E-state index in [9.17, 15) is 14.9 Å². The number of nitrogen functional groups attached to an aromatic ring is 1. The first-order chi connectivity index (χ1) is 10.6. The molecule has 22 heavy (non-hydrogen) atoms. The van der Waals surface area contributed by atoms with Crippen molar-refractivity contribution in [1.29, 1.82) is 5.26 Å². The lowest BCUT2D eigenvalue weighted by atomic mass is 9.94. The molecule has 2 aromatic rings. The van der Waals surface area contributed by atoms with Crippen molar-refractivity contribution in [2.75, 3.05) is 0 Å². The van der Waals surface area contributed by atoms with Gasteiger partial charge in [-0.25, -0.2) is 5.84 Å². The molecule has 1 heterocycles. The third kappa shape index (κ3) is 2.72. The van der Waals surface area contributed by atoms with Crippen LogP contribution < -0.4 is 28.1 Å². The number of nitriles is 1. The minimum Gasteiger partial charge on any atom is -0.323 e. The summed E-state index contributed by atoms with van der Waals surface area (Å²) in [7, 11) is 0. The molecule has 8 nitrogen and oxygen atoms in total. The molecular formula is C14H14N6O2. The van der Waals surface area contributed by atoms with E-state index in [1.54, 1.807) is 30.3 Å². The summed E-state index contributed by atoms with van der Waals surface area (Å²) in [6, 6.07) is 10.5. The lowest BCUT2D eigenvalue weighted by Gasteiger charge is -2.14. The van der Waals surface area contributed by atoms with Crippen LogP contribution in [0.4, 0.5) is 0 Å². The zero-order valence-electron chi connectivity index (χ0n) is 11.5. The van der Waals surface area contributed by atoms with Gasteiger partial charge in [-0.15, -0.1) is 0 Å². The second kappa shape index (κ2) is 6.64. The van der Waals surface area contributed by atoms with E-state index in [0.717, 1.165) is 0 Å². The highest BCUT2D eigenvalue weighted by Gasteiger charge is 2.23. The largest absolute Gasteiger partial charge is 0.323 e. The maximum Gasteiger partial charge on any atom is 0.267 e. The van der Waals surface area contributed by atoms with Crippen molar-refractivity contribution in [2.45, 2.75) is 6.54 Å². The zero-order chi connectivity index (χ0) is 16.1. The number of hydrogen-bond acceptors (Lipinski definition) is 6. The fraction of sp³-hybridized carbons (Fsp3) is 0.0714. The summed E-state index contributed by atoms with van der Waals surface area (Å²) in [5.41, 5.74) is 4.76. The van der Waals surface area contributed by atoms with Gasteiger partial charge < -0.3 is 4.98 Å². The molecule has 1 aromatic heterocycles. The number of H-pyrrole nitrogens is 1. The molecule has 0 aliphatic heterocycles. The Bertz CT molecular complexity index is 791. The van der Waals surface area contributed by atoms with E-state index in [1.807, 2.05) is 11.5 Å². The van der Waals surface area contributed by atoms with E-state index in [0.29, 0.717) is 5.56 Å². The van der Waals surface area contributed by atoms with Gasteiger partial charge in [0, 0.05) is 11.3 Å². The molecule has 1 amide bonds. The Kier molecular flexibility index (Phi) is 4.65. The first kappa shape index (κ1) is 15.4. The second-order valence-electron chi connectivity index (χ2n) is 4.39. The molecule has 0 unspecified atom stereocenters. The van der Waals surface area contributed by atoms with Crippen molar-refractivity contribution in [3.8, 4) is 17.2 Å². The molecule has 7 N–H and O–H groups in total. The predicted molar refractivity (Wildman–Crippen MR) is 79.9 cm³/mol. The highest BCUT2D eigenvalue weighted by Crippen LogP contribution is 2.27. The van der Waals surface area contributed by atoms with Crippen LogP contribution in [0.2, 0.25) is 0 Å². The molecule has 0 saturated heterocycles. The third-order valence-corrected chi connectivity index (χ3v) is 3.10. The summed E-state index contributed by atoms with van der Waals surface area (Å²) in [5, 5.41) is 9.29. The topological polar surface area (TPSA) is 150 Å². The highest BCUT2D eigenvalue weighted by molar-refractivity contribution is 6.02. The van der Waals surface area contributed by atoms with Gasteiger partial charge in [0.15, 0.2) is 0 Å². The van der Waals surface area contributed by atoms with Gasteiger partial charge >= 0.3 is 0 Å². The van der Waals surface area contributed by atoms with Crippen LogP contribution in [0.3, 0.4) is 0 Å². The van der Waals surface area contributed by atoms with Crippen LogP contribution in [0, 0.1) is 11.3 Å². The SMILES string of the molecule is N#Cc1c(-c2ccccc2)c(C(=O)NN)c(CNN)[nH]c1=O. The minimum absolute atomic E-state index is 0.0313. The number of hydrogen-bond donors (Lipinski definition) is 5. The van der Waals surface area contributed by atoms with Crippen LogP contribution in [0.15, 0.2) is 35.1 Å². The normalized spacial score (nSPS) is 10.0. The average Bonchev–Trinajstić information content (AvgIpc) is 2.54. The number of nitrogens with zero attached hydrogens (tertiary/aromatic N) is 1. The fourth-order valence-corrected chi connectivity index (χ4v) is 2.21. The molecule has 0 radical (unpaired) electrons. The van der Waals surface area contributed by atoms with Gasteiger partial charge in [0.2, 0.25) is 0 Å². The van der Waals surface area contributed by atoms with Crippen LogP contribution in [0.1, 0.15) is 21.6 Å². The smallest absolute Gasteiger partial charge is 0.267 e. The minimum atomic E-state index is -0.628. The molecule has 0 saturated carbocycles. The number of benzene rings is 1. The Morgan fingerprint density at radius 2 is 1.95 bits per heavy atom. The lowest BCUT2D eigenvalue weighted by molar-refractivity contribution is 0.0952. The molecule has 1 aromatic carbocycles. The Morgan fingerprint density at radius 3 is 2.50 bits per heavy atom. The highest BCUT2D eigenvalue weighted by atomic mass is 16.2. The van der Waals surface area contributed by atoms with E-state index >= 15 is 0 Å². The van der Waals surface area contributed by atoms with Crippen molar-refractivity contribution in [3.05, 3.63) is 57.5 Å². The summed E-state index contributed by atoms with van der Waals surface area (Å²) >= 11 is 0. The van der Waals surface area contributed by atoms with E-state index < -0.39 is 11.5 Å². The third-order valence-electron chi connectivity index (χ3n) is 3.10. The molecule has 2 rings (SSSR count). The quantitative estimate of drug-likeness (QED) is 0.291. The number of rotatable bonds is 4. The Morgan fingerprint density at radius 1 is 1.27 bits per heavy atom. The number of hydrazine groups is 2. The number of aromatic nitrogens is 1. The van der Waals surface area contributed by atoms with Gasteiger partial charge in [-0.2, -0.15) is 5.26 Å². The second-order valence-corrected chi connectivity index (χ2v) is 4.39. The Balaban J connectivity index is 2.91. The first-order valence-corrected chi connectivity index (χ1v) is 6.33. The number of pyridine rings is 1. The monoisotopic (exact) mass is 298 g/mol. The van der Waals surface area contributed by atoms with Gasteiger partial charge in [-0.05, 0) is 5.56 Å². The molecule has 8 heteroatoms. The molecule has 0 aliphatic rings. The van der Waals surface area contributed by atoms with Crippen molar-refractivity contribution in [2.24, 2.45) is 11.7 Å². The average molecular weight is 298 g/mol. The van der Waals surface area contributed by atoms with Crippen molar-refractivity contribution in [1.82, 2.24) is 15.8 Å². The number of carbonyl (C=O) groups is 1. The molecule has 0 bridgehead atoms. The van der Waals surface area contributed by atoms with Crippen LogP contribution in [-0.4, -0.2) is 10.9 Å². The fourth-order valence-electron chi connectivity index (χ4n) is 2.21. The van der Waals surface area contributed by atoms with Crippen LogP contribution in [0.25, 0.3) is 11.1 Å². The Hall–Kier alpha value is -2.99. The zero-order valence-corrected chi connectivity index (χ0v) is 11.5. The standard InChI is InChI=1S/C14H14N6O2/c15-6-9-11(8-4-2-1-3-5-8)12(14(22)20-17)10(7-18-16)19-13(9)21/h1-5,18H,7,16-17H2,(H,19,21)(H,20,22). The van der Waals surface area contributed by atoms with E-state index in [4.69, 9.17) is 11.7 Å². The van der Waals surface area contributed by atoms with Gasteiger partial charge in [0.1, 0.15) is 11.6 Å². The summed E-state index contributed by atoms with van der Waals surface area (Å²) < 4.78 is 0. The van der Waals surface area contributed by atoms with Gasteiger partial charge in [0.05, 0.1) is 12.1 Å². The maximum atomic E-state index is 12.1. The van der Waals surface area contributed by atoms with Crippen molar-refractivity contribution in [3.63, 3.8) is 0 Å². The van der Waals surface area contributed by atoms with Crippen LogP contribution >= 0.6 is 0 Å². The summed E-state index contributed by atoms with van der Waals surface area (Å²) in [6.07, 6.45) is 0.